The number of esters is 1. The van der Waals surface area contributed by atoms with Gasteiger partial charge in [-0.25, -0.2) is 4.79 Å². The van der Waals surface area contributed by atoms with Gasteiger partial charge in [0.05, 0.1) is 5.92 Å². The molecule has 6 nitrogen and oxygen atoms in total. The van der Waals surface area contributed by atoms with Gasteiger partial charge in [-0.15, -0.1) is 0 Å². The Bertz CT molecular complexity index is 413. The summed E-state index contributed by atoms with van der Waals surface area (Å²) < 4.78 is 4.91. The Morgan fingerprint density at radius 3 is 2.42 bits per heavy atom. The van der Waals surface area contributed by atoms with Gasteiger partial charge in [0.15, 0.2) is 0 Å². The predicted octanol–water partition coefficient (Wildman–Crippen LogP) is 1.45. The highest BCUT2D eigenvalue weighted by Gasteiger charge is 2.52. The summed E-state index contributed by atoms with van der Waals surface area (Å²) in [6.45, 7) is 4.43. The number of carbonyl (C=O) groups excluding carboxylic acids is 1. The lowest BCUT2D eigenvalue weighted by atomic mass is 9.66. The first kappa shape index (κ1) is 15.2. The molecule has 2 N–H and O–H groups in total. The fraction of sp³-hybridized carbons (Fsp3) is 0.615. The van der Waals surface area contributed by atoms with Crippen LogP contribution in [0.2, 0.25) is 0 Å². The molecule has 2 unspecified atom stereocenters. The summed E-state index contributed by atoms with van der Waals surface area (Å²) in [5.41, 5.74) is -1.38. The minimum Gasteiger partial charge on any atom is -0.481 e. The van der Waals surface area contributed by atoms with E-state index in [4.69, 9.17) is 4.74 Å². The Kier molecular flexibility index (Phi) is 4.69. The zero-order chi connectivity index (χ0) is 14.6. The van der Waals surface area contributed by atoms with E-state index in [-0.39, 0.29) is 18.4 Å². The molecule has 0 aromatic heterocycles. The molecule has 0 aromatic carbocycles. The Hall–Kier alpha value is -1.85. The van der Waals surface area contributed by atoms with Gasteiger partial charge >= 0.3 is 17.9 Å². The second kappa shape index (κ2) is 5.86. The van der Waals surface area contributed by atoms with Crippen molar-refractivity contribution >= 4 is 17.9 Å². The Morgan fingerprint density at radius 1 is 1.32 bits per heavy atom. The van der Waals surface area contributed by atoms with Crippen LogP contribution in [0.25, 0.3) is 0 Å². The molecule has 6 heteroatoms. The van der Waals surface area contributed by atoms with E-state index >= 15 is 0 Å². The van der Waals surface area contributed by atoms with Crippen molar-refractivity contribution < 1.29 is 29.3 Å². The predicted molar refractivity (Wildman–Crippen MR) is 65.4 cm³/mol. The van der Waals surface area contributed by atoms with Crippen molar-refractivity contribution in [2.45, 2.75) is 32.6 Å². The van der Waals surface area contributed by atoms with Crippen LogP contribution in [0.4, 0.5) is 0 Å². The molecule has 0 aromatic rings. The van der Waals surface area contributed by atoms with Crippen LogP contribution in [0.5, 0.6) is 0 Å². The van der Waals surface area contributed by atoms with Crippen LogP contribution in [0, 0.1) is 11.3 Å². The van der Waals surface area contributed by atoms with Crippen molar-refractivity contribution in [3.05, 3.63) is 12.2 Å². The number of hydrogen-bond donors (Lipinski definition) is 2. The van der Waals surface area contributed by atoms with E-state index in [2.05, 4.69) is 6.58 Å². The molecule has 106 valence electrons. The van der Waals surface area contributed by atoms with Gasteiger partial charge in [-0.05, 0) is 19.8 Å². The van der Waals surface area contributed by atoms with Gasteiger partial charge in [0.2, 0.25) is 0 Å². The lowest BCUT2D eigenvalue weighted by Crippen LogP contribution is -2.48. The number of hydrogen-bond acceptors (Lipinski definition) is 4. The monoisotopic (exact) mass is 270 g/mol. The maximum Gasteiger partial charge on any atom is 0.333 e. The quantitative estimate of drug-likeness (QED) is 0.579. The van der Waals surface area contributed by atoms with Crippen LogP contribution < -0.4 is 0 Å². The van der Waals surface area contributed by atoms with Gasteiger partial charge in [-0.3, -0.25) is 9.59 Å². The number of carboxylic acids is 2. The SMILES string of the molecule is C=C(C)C(=O)OCC1(C(=O)O)CCCCC1C(=O)O. The molecule has 0 radical (unpaired) electrons. The van der Waals surface area contributed by atoms with E-state index in [1.807, 2.05) is 0 Å². The first-order chi connectivity index (χ1) is 8.81. The van der Waals surface area contributed by atoms with Crippen LogP contribution in [-0.4, -0.2) is 34.7 Å². The zero-order valence-electron chi connectivity index (χ0n) is 10.8. The molecule has 0 bridgehead atoms. The zero-order valence-corrected chi connectivity index (χ0v) is 10.8. The third-order valence-corrected chi connectivity index (χ3v) is 3.57. The van der Waals surface area contributed by atoms with Crippen LogP contribution >= 0.6 is 0 Å². The van der Waals surface area contributed by atoms with Crippen LogP contribution in [0.15, 0.2) is 12.2 Å². The first-order valence-electron chi connectivity index (χ1n) is 6.10. The Morgan fingerprint density at radius 2 is 1.95 bits per heavy atom. The van der Waals surface area contributed by atoms with E-state index < -0.39 is 35.8 Å². The van der Waals surface area contributed by atoms with Crippen molar-refractivity contribution in [3.63, 3.8) is 0 Å². The molecule has 1 rings (SSSR count). The van der Waals surface area contributed by atoms with Gasteiger partial charge in [0, 0.05) is 5.57 Å². The molecule has 1 aliphatic rings. The smallest absolute Gasteiger partial charge is 0.333 e. The second-order valence-electron chi connectivity index (χ2n) is 4.95. The van der Waals surface area contributed by atoms with Gasteiger partial charge in [0.25, 0.3) is 0 Å². The molecular weight excluding hydrogens is 252 g/mol. The van der Waals surface area contributed by atoms with Crippen molar-refractivity contribution in [3.8, 4) is 0 Å². The average molecular weight is 270 g/mol. The van der Waals surface area contributed by atoms with Gasteiger partial charge in [0.1, 0.15) is 12.0 Å². The van der Waals surface area contributed by atoms with E-state index in [0.29, 0.717) is 12.8 Å². The molecule has 0 heterocycles. The van der Waals surface area contributed by atoms with Gasteiger partial charge in [-0.2, -0.15) is 0 Å². The molecule has 2 atom stereocenters. The number of rotatable bonds is 5. The number of carboxylic acid groups (broad SMARTS) is 2. The van der Waals surface area contributed by atoms with E-state index in [1.165, 1.54) is 6.92 Å². The molecule has 1 aliphatic carbocycles. The summed E-state index contributed by atoms with van der Waals surface area (Å²) in [4.78, 5) is 34.1. The van der Waals surface area contributed by atoms with Crippen LogP contribution in [-0.2, 0) is 19.1 Å². The molecule has 0 amide bonds. The van der Waals surface area contributed by atoms with Crippen LogP contribution in [0.3, 0.4) is 0 Å². The van der Waals surface area contributed by atoms with Crippen molar-refractivity contribution in [2.24, 2.45) is 11.3 Å². The standard InChI is InChI=1S/C13H18O6/c1-8(2)11(16)19-7-13(12(17)18)6-4-3-5-9(13)10(14)15/h9H,1,3-7H2,2H3,(H,14,15)(H,17,18). The van der Waals surface area contributed by atoms with Crippen molar-refractivity contribution in [2.75, 3.05) is 6.61 Å². The molecule has 0 aliphatic heterocycles. The van der Waals surface area contributed by atoms with Gasteiger partial charge in [-0.1, -0.05) is 19.4 Å². The minimum atomic E-state index is -1.53. The lowest BCUT2D eigenvalue weighted by molar-refractivity contribution is -0.174. The molecule has 19 heavy (non-hydrogen) atoms. The first-order valence-corrected chi connectivity index (χ1v) is 6.10. The lowest BCUT2D eigenvalue weighted by Gasteiger charge is -2.37. The minimum absolute atomic E-state index is 0.156. The topological polar surface area (TPSA) is 101 Å². The number of carbonyl (C=O) groups is 3. The van der Waals surface area contributed by atoms with Crippen molar-refractivity contribution in [1.82, 2.24) is 0 Å². The largest absolute Gasteiger partial charge is 0.481 e. The normalized spacial score (nSPS) is 26.5. The van der Waals surface area contributed by atoms with Crippen molar-refractivity contribution in [1.29, 1.82) is 0 Å². The Labute approximate surface area is 111 Å². The molecule has 0 saturated heterocycles. The Balaban J connectivity index is 2.94. The number of ether oxygens (including phenoxy) is 1. The van der Waals surface area contributed by atoms with E-state index in [1.54, 1.807) is 0 Å². The third kappa shape index (κ3) is 3.13. The fourth-order valence-electron chi connectivity index (χ4n) is 2.41. The summed E-state index contributed by atoms with van der Waals surface area (Å²) in [5, 5.41) is 18.6. The summed E-state index contributed by atoms with van der Waals surface area (Å²) >= 11 is 0. The summed E-state index contributed by atoms with van der Waals surface area (Å²) in [6.07, 6.45) is 1.76. The number of aliphatic carboxylic acids is 2. The molecule has 1 saturated carbocycles. The van der Waals surface area contributed by atoms with Gasteiger partial charge < -0.3 is 14.9 Å². The summed E-state index contributed by atoms with van der Waals surface area (Å²) in [5.74, 6) is -4.12. The fourth-order valence-corrected chi connectivity index (χ4v) is 2.41. The van der Waals surface area contributed by atoms with Crippen LogP contribution in [0.1, 0.15) is 32.6 Å². The van der Waals surface area contributed by atoms with E-state index in [0.717, 1.165) is 0 Å². The molecule has 0 spiro atoms. The molecular formula is C13H18O6. The third-order valence-electron chi connectivity index (χ3n) is 3.57. The average Bonchev–Trinajstić information content (AvgIpc) is 2.35. The highest BCUT2D eigenvalue weighted by molar-refractivity contribution is 5.88. The molecule has 1 fully saturated rings. The second-order valence-corrected chi connectivity index (χ2v) is 4.95. The summed E-state index contributed by atoms with van der Waals surface area (Å²) in [7, 11) is 0. The highest BCUT2D eigenvalue weighted by atomic mass is 16.5. The summed E-state index contributed by atoms with van der Waals surface area (Å²) in [6, 6.07) is 0. The maximum atomic E-state index is 11.5. The maximum absolute atomic E-state index is 11.5. The highest BCUT2D eigenvalue weighted by Crippen LogP contribution is 2.42. The van der Waals surface area contributed by atoms with E-state index in [9.17, 15) is 24.6 Å².